The van der Waals surface area contributed by atoms with Crippen LogP contribution in [0.1, 0.15) is 24.1 Å². The van der Waals surface area contributed by atoms with Gasteiger partial charge >= 0.3 is 0 Å². The van der Waals surface area contributed by atoms with Crippen LogP contribution in [0.25, 0.3) is 0 Å². The van der Waals surface area contributed by atoms with Crippen LogP contribution in [0.5, 0.6) is 0 Å². The largest absolute Gasteiger partial charge is 0.306 e. The molecule has 0 aliphatic carbocycles. The van der Waals surface area contributed by atoms with Gasteiger partial charge in [-0.05, 0) is 36.2 Å². The molecule has 0 saturated heterocycles. The Kier molecular flexibility index (Phi) is 5.28. The summed E-state index contributed by atoms with van der Waals surface area (Å²) in [7, 11) is 0. The van der Waals surface area contributed by atoms with Gasteiger partial charge in [-0.2, -0.15) is 0 Å². The Morgan fingerprint density at radius 2 is 1.85 bits per heavy atom. The van der Waals surface area contributed by atoms with Crippen molar-refractivity contribution in [1.29, 1.82) is 0 Å². The molecule has 1 nitrogen and oxygen atoms in total. The van der Waals surface area contributed by atoms with Crippen LogP contribution in [-0.4, -0.2) is 0 Å². The highest BCUT2D eigenvalue weighted by Gasteiger charge is 2.11. The molecule has 2 aromatic rings. The van der Waals surface area contributed by atoms with Gasteiger partial charge in [0.1, 0.15) is 5.82 Å². The summed E-state index contributed by atoms with van der Waals surface area (Å²) in [4.78, 5) is 0. The van der Waals surface area contributed by atoms with Gasteiger partial charge in [0.15, 0.2) is 0 Å². The molecule has 0 radical (unpaired) electrons. The molecule has 0 aromatic heterocycles. The van der Waals surface area contributed by atoms with Crippen molar-refractivity contribution in [2.75, 3.05) is 0 Å². The molecule has 1 atom stereocenters. The van der Waals surface area contributed by atoms with Gasteiger partial charge < -0.3 is 5.32 Å². The molecule has 0 amide bonds. The van der Waals surface area contributed by atoms with Crippen molar-refractivity contribution in [1.82, 2.24) is 5.32 Å². The maximum Gasteiger partial charge on any atom is 0.141 e. The Labute approximate surface area is 132 Å². The third-order valence-electron chi connectivity index (χ3n) is 3.04. The van der Waals surface area contributed by atoms with Crippen LogP contribution < -0.4 is 5.32 Å². The van der Waals surface area contributed by atoms with Crippen LogP contribution in [0, 0.1) is 5.82 Å². The number of hydrogen-bond acceptors (Lipinski definition) is 1. The highest BCUT2D eigenvalue weighted by Crippen LogP contribution is 2.29. The minimum atomic E-state index is -0.415. The molecule has 0 fully saturated rings. The summed E-state index contributed by atoms with van der Waals surface area (Å²) in [5, 5.41) is 4.51. The molecule has 20 heavy (non-hydrogen) atoms. The van der Waals surface area contributed by atoms with Gasteiger partial charge in [-0.15, -0.1) is 0 Å². The quantitative estimate of drug-likeness (QED) is 0.764. The van der Waals surface area contributed by atoms with Crippen molar-refractivity contribution < 1.29 is 4.39 Å². The molecule has 0 heterocycles. The van der Waals surface area contributed by atoms with E-state index in [-0.39, 0.29) is 11.1 Å². The van der Waals surface area contributed by atoms with Crippen LogP contribution in [0.2, 0.25) is 15.1 Å². The summed E-state index contributed by atoms with van der Waals surface area (Å²) in [6.07, 6.45) is 0. The Morgan fingerprint density at radius 1 is 1.10 bits per heavy atom. The third kappa shape index (κ3) is 3.64. The molecular weight excluding hydrogens is 320 g/mol. The van der Waals surface area contributed by atoms with Crippen LogP contribution >= 0.6 is 34.8 Å². The molecular formula is C15H13Cl3FN. The van der Waals surface area contributed by atoms with Crippen LogP contribution in [0.3, 0.4) is 0 Å². The van der Waals surface area contributed by atoms with Crippen molar-refractivity contribution >= 4 is 34.8 Å². The first-order chi connectivity index (χ1) is 9.49. The monoisotopic (exact) mass is 331 g/mol. The van der Waals surface area contributed by atoms with E-state index in [9.17, 15) is 4.39 Å². The molecule has 0 spiro atoms. The van der Waals surface area contributed by atoms with Gasteiger partial charge in [-0.1, -0.05) is 53.0 Å². The highest BCUT2D eigenvalue weighted by molar-refractivity contribution is 6.42. The van der Waals surface area contributed by atoms with E-state index in [1.54, 1.807) is 18.2 Å². The molecule has 2 rings (SSSR count). The molecule has 2 aromatic carbocycles. The lowest BCUT2D eigenvalue weighted by Gasteiger charge is -2.16. The lowest BCUT2D eigenvalue weighted by Crippen LogP contribution is -2.18. The minimum Gasteiger partial charge on any atom is -0.306 e. The number of nitrogens with one attached hydrogen (secondary N) is 1. The fraction of sp³-hybridized carbons (Fsp3) is 0.200. The first kappa shape index (κ1) is 15.6. The van der Waals surface area contributed by atoms with Crippen molar-refractivity contribution in [3.8, 4) is 0 Å². The van der Waals surface area contributed by atoms with E-state index in [1.807, 2.05) is 19.1 Å². The normalized spacial score (nSPS) is 12.4. The molecule has 1 N–H and O–H groups in total. The first-order valence-electron chi connectivity index (χ1n) is 6.10. The number of hydrogen-bond donors (Lipinski definition) is 1. The Hall–Kier alpha value is -0.800. The summed E-state index contributed by atoms with van der Waals surface area (Å²) < 4.78 is 13.1. The average Bonchev–Trinajstić information content (AvgIpc) is 2.43. The van der Waals surface area contributed by atoms with Crippen LogP contribution in [-0.2, 0) is 6.54 Å². The summed E-state index contributed by atoms with van der Waals surface area (Å²) in [5.74, 6) is -0.415. The molecule has 0 bridgehead atoms. The zero-order chi connectivity index (χ0) is 14.7. The van der Waals surface area contributed by atoms with Gasteiger partial charge in [0.2, 0.25) is 0 Å². The van der Waals surface area contributed by atoms with E-state index in [2.05, 4.69) is 5.32 Å². The smallest absolute Gasteiger partial charge is 0.141 e. The molecule has 106 valence electrons. The number of benzene rings is 2. The zero-order valence-electron chi connectivity index (χ0n) is 10.8. The van der Waals surface area contributed by atoms with E-state index in [1.165, 1.54) is 6.07 Å². The second-order valence-corrected chi connectivity index (χ2v) is 5.69. The molecule has 0 aliphatic rings. The molecule has 0 aliphatic heterocycles. The Bertz CT molecular complexity index is 616. The van der Waals surface area contributed by atoms with Crippen LogP contribution in [0.15, 0.2) is 36.4 Å². The van der Waals surface area contributed by atoms with E-state index >= 15 is 0 Å². The lowest BCUT2D eigenvalue weighted by atomic mass is 10.1. The van der Waals surface area contributed by atoms with E-state index in [4.69, 9.17) is 34.8 Å². The summed E-state index contributed by atoms with van der Waals surface area (Å²) in [5.41, 5.74) is 1.83. The molecule has 1 unspecified atom stereocenters. The van der Waals surface area contributed by atoms with E-state index < -0.39 is 5.82 Å². The zero-order valence-corrected chi connectivity index (χ0v) is 13.0. The number of rotatable bonds is 4. The minimum absolute atomic E-state index is 0.0185. The van der Waals surface area contributed by atoms with Gasteiger partial charge in [0.25, 0.3) is 0 Å². The fourth-order valence-electron chi connectivity index (χ4n) is 1.89. The first-order valence-corrected chi connectivity index (χ1v) is 7.23. The molecule has 5 heteroatoms. The molecule has 0 saturated carbocycles. The predicted octanol–water partition coefficient (Wildman–Crippen LogP) is 5.64. The van der Waals surface area contributed by atoms with Crippen molar-refractivity contribution in [2.45, 2.75) is 19.5 Å². The number of halogens is 4. The van der Waals surface area contributed by atoms with Crippen molar-refractivity contribution in [3.05, 3.63) is 68.4 Å². The second kappa shape index (κ2) is 6.77. The standard InChI is InChI=1S/C15H13Cl3FN/c1-9(11-3-2-4-12(16)15(11)18)20-8-10-5-6-14(19)13(17)7-10/h2-7,9,20H,8H2,1H3. The summed E-state index contributed by atoms with van der Waals surface area (Å²) >= 11 is 17.9. The van der Waals surface area contributed by atoms with Gasteiger partial charge in [-0.3, -0.25) is 0 Å². The maximum atomic E-state index is 13.1. The summed E-state index contributed by atoms with van der Waals surface area (Å²) in [6, 6.07) is 10.2. The summed E-state index contributed by atoms with van der Waals surface area (Å²) in [6.45, 7) is 2.55. The highest BCUT2D eigenvalue weighted by atomic mass is 35.5. The van der Waals surface area contributed by atoms with Gasteiger partial charge in [0.05, 0.1) is 15.1 Å². The van der Waals surface area contributed by atoms with Gasteiger partial charge in [-0.25, -0.2) is 4.39 Å². The predicted molar refractivity (Wildman–Crippen MR) is 83.1 cm³/mol. The van der Waals surface area contributed by atoms with Crippen LogP contribution in [0.4, 0.5) is 4.39 Å². The fourth-order valence-corrected chi connectivity index (χ4v) is 2.56. The SMILES string of the molecule is CC(NCc1ccc(F)c(Cl)c1)c1cccc(Cl)c1Cl. The third-order valence-corrected chi connectivity index (χ3v) is 4.17. The average molecular weight is 333 g/mol. The second-order valence-electron chi connectivity index (χ2n) is 4.49. The lowest BCUT2D eigenvalue weighted by molar-refractivity contribution is 0.573. The van der Waals surface area contributed by atoms with Crippen molar-refractivity contribution in [3.63, 3.8) is 0 Å². The topological polar surface area (TPSA) is 12.0 Å². The van der Waals surface area contributed by atoms with E-state index in [0.29, 0.717) is 16.6 Å². The Balaban J connectivity index is 2.06. The van der Waals surface area contributed by atoms with Crippen molar-refractivity contribution in [2.24, 2.45) is 0 Å². The maximum absolute atomic E-state index is 13.1. The van der Waals surface area contributed by atoms with E-state index in [0.717, 1.165) is 11.1 Å². The Morgan fingerprint density at radius 3 is 2.55 bits per heavy atom. The van der Waals surface area contributed by atoms with Gasteiger partial charge in [0, 0.05) is 12.6 Å².